The molecule has 6 nitrogen and oxygen atoms in total. The number of nitrogens with zero attached hydrogens (tertiary/aromatic N) is 2. The molecular weight excluding hydrogens is 390 g/mol. The van der Waals surface area contributed by atoms with Crippen molar-refractivity contribution in [3.8, 4) is 0 Å². The van der Waals surface area contributed by atoms with Crippen LogP contribution in [0.5, 0.6) is 0 Å². The summed E-state index contributed by atoms with van der Waals surface area (Å²) in [4.78, 5) is 41.6. The second-order valence-corrected chi connectivity index (χ2v) is 8.87. The molecule has 2 unspecified atom stereocenters. The number of carbonyl (C=O) groups excluding carboxylic acids is 3. The van der Waals surface area contributed by atoms with Crippen LogP contribution < -0.4 is 15.1 Å². The van der Waals surface area contributed by atoms with Crippen LogP contribution in [0.15, 0.2) is 48.5 Å². The summed E-state index contributed by atoms with van der Waals surface area (Å²) in [6, 6.07) is 15.6. The first-order valence-electron chi connectivity index (χ1n) is 11.1. The van der Waals surface area contributed by atoms with Gasteiger partial charge >= 0.3 is 0 Å². The molecule has 2 fully saturated rings. The van der Waals surface area contributed by atoms with Gasteiger partial charge in [-0.1, -0.05) is 30.3 Å². The molecule has 0 radical (unpaired) electrons. The van der Waals surface area contributed by atoms with Gasteiger partial charge in [-0.3, -0.25) is 14.4 Å². The van der Waals surface area contributed by atoms with Crippen LogP contribution in [0.25, 0.3) is 0 Å². The molecule has 3 amide bonds. The monoisotopic (exact) mass is 417 g/mol. The van der Waals surface area contributed by atoms with Crippen LogP contribution in [0.4, 0.5) is 11.4 Å². The lowest BCUT2D eigenvalue weighted by molar-refractivity contribution is -0.126. The summed E-state index contributed by atoms with van der Waals surface area (Å²) in [5.74, 6) is -0.0536. The summed E-state index contributed by atoms with van der Waals surface area (Å²) in [5.41, 5.74) is 3.93. The Kier molecular flexibility index (Phi) is 5.00. The molecule has 1 saturated carbocycles. The Labute approximate surface area is 182 Å². The standard InChI is InChI=1S/C25H27N3O3/c1-16(17-5-3-2-4-6-17)26-24(30)20-14-23(29)28(15-20)21-9-10-22-19(13-21)11-12-27(22)25(31)18-7-8-18/h2-6,9-10,13,16,18,20H,7-8,11-12,14-15H2,1H3,(H,26,30). The zero-order chi connectivity index (χ0) is 21.5. The predicted molar refractivity (Wildman–Crippen MR) is 119 cm³/mol. The van der Waals surface area contributed by atoms with Crippen LogP contribution in [0.2, 0.25) is 0 Å². The van der Waals surface area contributed by atoms with Crippen LogP contribution in [0.1, 0.15) is 43.4 Å². The number of rotatable bonds is 5. The molecule has 3 aliphatic rings. The van der Waals surface area contributed by atoms with Gasteiger partial charge < -0.3 is 15.1 Å². The van der Waals surface area contributed by atoms with Crippen molar-refractivity contribution in [3.05, 3.63) is 59.7 Å². The van der Waals surface area contributed by atoms with Crippen molar-refractivity contribution < 1.29 is 14.4 Å². The second-order valence-electron chi connectivity index (χ2n) is 8.87. The Balaban J connectivity index is 1.26. The van der Waals surface area contributed by atoms with Gasteiger partial charge in [0.2, 0.25) is 17.7 Å². The summed E-state index contributed by atoms with van der Waals surface area (Å²) >= 11 is 0. The van der Waals surface area contributed by atoms with E-state index >= 15 is 0 Å². The molecule has 31 heavy (non-hydrogen) atoms. The minimum absolute atomic E-state index is 0.0311. The molecule has 1 aliphatic carbocycles. The van der Waals surface area contributed by atoms with Crippen molar-refractivity contribution in [2.24, 2.45) is 11.8 Å². The molecule has 6 heteroatoms. The van der Waals surface area contributed by atoms with Crippen molar-refractivity contribution in [1.29, 1.82) is 0 Å². The lowest BCUT2D eigenvalue weighted by atomic mass is 10.1. The van der Waals surface area contributed by atoms with Crippen molar-refractivity contribution in [2.45, 2.75) is 38.6 Å². The first-order valence-corrected chi connectivity index (χ1v) is 11.1. The van der Waals surface area contributed by atoms with Gasteiger partial charge in [0.05, 0.1) is 12.0 Å². The van der Waals surface area contributed by atoms with E-state index in [1.807, 2.05) is 60.4 Å². The van der Waals surface area contributed by atoms with Gasteiger partial charge in [-0.15, -0.1) is 0 Å². The third-order valence-corrected chi connectivity index (χ3v) is 6.62. The third-order valence-electron chi connectivity index (χ3n) is 6.62. The maximum absolute atomic E-state index is 12.8. The molecule has 1 N–H and O–H groups in total. The van der Waals surface area contributed by atoms with Gasteiger partial charge in [-0.05, 0) is 55.5 Å². The molecule has 0 spiro atoms. The fraction of sp³-hybridized carbons (Fsp3) is 0.400. The normalized spacial score (nSPS) is 21.2. The number of benzene rings is 2. The number of nitrogens with one attached hydrogen (secondary N) is 1. The summed E-state index contributed by atoms with van der Waals surface area (Å²) in [6.07, 6.45) is 3.02. The topological polar surface area (TPSA) is 69.7 Å². The lowest BCUT2D eigenvalue weighted by Gasteiger charge is -2.21. The summed E-state index contributed by atoms with van der Waals surface area (Å²) in [7, 11) is 0. The molecular formula is C25H27N3O3. The highest BCUT2D eigenvalue weighted by atomic mass is 16.2. The molecule has 2 atom stereocenters. The van der Waals surface area contributed by atoms with E-state index in [1.54, 1.807) is 4.90 Å². The Hall–Kier alpha value is -3.15. The van der Waals surface area contributed by atoms with E-state index in [4.69, 9.17) is 0 Å². The molecule has 5 rings (SSSR count). The van der Waals surface area contributed by atoms with E-state index < -0.39 is 0 Å². The maximum atomic E-state index is 12.8. The Bertz CT molecular complexity index is 1030. The van der Waals surface area contributed by atoms with Crippen LogP contribution in [-0.4, -0.2) is 30.8 Å². The highest BCUT2D eigenvalue weighted by Gasteiger charge is 2.38. The van der Waals surface area contributed by atoms with Gasteiger partial charge in [0, 0.05) is 36.8 Å². The highest BCUT2D eigenvalue weighted by Crippen LogP contribution is 2.38. The van der Waals surface area contributed by atoms with Crippen molar-refractivity contribution in [2.75, 3.05) is 22.9 Å². The summed E-state index contributed by atoms with van der Waals surface area (Å²) in [5, 5.41) is 3.05. The largest absolute Gasteiger partial charge is 0.349 e. The quantitative estimate of drug-likeness (QED) is 0.812. The van der Waals surface area contributed by atoms with Crippen LogP contribution in [-0.2, 0) is 20.8 Å². The fourth-order valence-corrected chi connectivity index (χ4v) is 4.62. The van der Waals surface area contributed by atoms with E-state index in [1.165, 1.54) is 0 Å². The lowest BCUT2D eigenvalue weighted by Crippen LogP contribution is -2.34. The molecule has 2 aromatic rings. The minimum Gasteiger partial charge on any atom is -0.349 e. The van der Waals surface area contributed by atoms with Crippen LogP contribution in [0.3, 0.4) is 0 Å². The van der Waals surface area contributed by atoms with Gasteiger partial charge in [-0.25, -0.2) is 0 Å². The Morgan fingerprint density at radius 1 is 1.06 bits per heavy atom. The van der Waals surface area contributed by atoms with Crippen molar-refractivity contribution >= 4 is 29.1 Å². The fourth-order valence-electron chi connectivity index (χ4n) is 4.62. The highest BCUT2D eigenvalue weighted by molar-refractivity contribution is 6.02. The number of hydrogen-bond acceptors (Lipinski definition) is 3. The third kappa shape index (κ3) is 3.82. The zero-order valence-corrected chi connectivity index (χ0v) is 17.7. The SMILES string of the molecule is CC(NC(=O)C1CC(=O)N(c2ccc3c(c2)CCN3C(=O)C2CC2)C1)c1ccccc1. The predicted octanol–water partition coefficient (Wildman–Crippen LogP) is 3.22. The smallest absolute Gasteiger partial charge is 0.230 e. The maximum Gasteiger partial charge on any atom is 0.230 e. The van der Waals surface area contributed by atoms with Gasteiger partial charge in [-0.2, -0.15) is 0 Å². The van der Waals surface area contributed by atoms with E-state index in [9.17, 15) is 14.4 Å². The van der Waals surface area contributed by atoms with Crippen LogP contribution in [0, 0.1) is 11.8 Å². The van der Waals surface area contributed by atoms with Gasteiger partial charge in [0.1, 0.15) is 0 Å². The number of carbonyl (C=O) groups is 3. The number of anilines is 2. The van der Waals surface area contributed by atoms with E-state index in [0.29, 0.717) is 13.1 Å². The number of amides is 3. The molecule has 0 aromatic heterocycles. The number of fused-ring (bicyclic) bond motifs is 1. The first-order chi connectivity index (χ1) is 15.0. The van der Waals surface area contributed by atoms with E-state index in [0.717, 1.165) is 41.8 Å². The first kappa shape index (κ1) is 19.8. The summed E-state index contributed by atoms with van der Waals surface area (Å²) in [6.45, 7) is 3.05. The minimum atomic E-state index is -0.361. The average molecular weight is 418 g/mol. The Morgan fingerprint density at radius 2 is 1.84 bits per heavy atom. The molecule has 1 saturated heterocycles. The van der Waals surface area contributed by atoms with Gasteiger partial charge in [0.15, 0.2) is 0 Å². The molecule has 2 heterocycles. The van der Waals surface area contributed by atoms with Gasteiger partial charge in [0.25, 0.3) is 0 Å². The molecule has 160 valence electrons. The Morgan fingerprint density at radius 3 is 2.58 bits per heavy atom. The molecule has 2 aliphatic heterocycles. The van der Waals surface area contributed by atoms with E-state index in [-0.39, 0.29) is 42.0 Å². The van der Waals surface area contributed by atoms with Crippen molar-refractivity contribution in [3.63, 3.8) is 0 Å². The average Bonchev–Trinajstić information content (AvgIpc) is 3.44. The molecule has 2 aromatic carbocycles. The van der Waals surface area contributed by atoms with Crippen molar-refractivity contribution in [1.82, 2.24) is 5.32 Å². The number of hydrogen-bond donors (Lipinski definition) is 1. The molecule has 0 bridgehead atoms. The zero-order valence-electron chi connectivity index (χ0n) is 17.7. The second kappa shape index (κ2) is 7.84. The summed E-state index contributed by atoms with van der Waals surface area (Å²) < 4.78 is 0. The van der Waals surface area contributed by atoms with E-state index in [2.05, 4.69) is 5.32 Å². The van der Waals surface area contributed by atoms with Crippen LogP contribution >= 0.6 is 0 Å².